The summed E-state index contributed by atoms with van der Waals surface area (Å²) in [5.41, 5.74) is 3.74. The van der Waals surface area contributed by atoms with E-state index in [9.17, 15) is 4.79 Å². The van der Waals surface area contributed by atoms with Crippen molar-refractivity contribution in [3.63, 3.8) is 0 Å². The van der Waals surface area contributed by atoms with Crippen LogP contribution < -0.4 is 5.56 Å². The molecule has 0 spiro atoms. The van der Waals surface area contributed by atoms with Gasteiger partial charge >= 0.3 is 0 Å². The molecule has 0 amide bonds. The van der Waals surface area contributed by atoms with E-state index in [-0.39, 0.29) is 5.56 Å². The Balaban J connectivity index is 2.18. The molecule has 0 radical (unpaired) electrons. The van der Waals surface area contributed by atoms with E-state index in [2.05, 4.69) is 17.1 Å². The van der Waals surface area contributed by atoms with Gasteiger partial charge in [-0.1, -0.05) is 49.0 Å². The molecule has 0 saturated carbocycles. The second kappa shape index (κ2) is 6.61. The number of hydrogen-bond donors (Lipinski definition) is 0. The van der Waals surface area contributed by atoms with Crippen LogP contribution in [0.2, 0.25) is 0 Å². The Morgan fingerprint density at radius 1 is 1.00 bits per heavy atom. The summed E-state index contributed by atoms with van der Waals surface area (Å²) >= 11 is 1.66. The Morgan fingerprint density at radius 2 is 1.73 bits per heavy atom. The lowest BCUT2D eigenvalue weighted by molar-refractivity contribution is 0.923. The predicted octanol–water partition coefficient (Wildman–Crippen LogP) is 4.15. The van der Waals surface area contributed by atoms with Crippen molar-refractivity contribution in [2.45, 2.75) is 32.3 Å². The van der Waals surface area contributed by atoms with Crippen molar-refractivity contribution in [1.29, 1.82) is 0 Å². The average molecular weight is 364 g/mol. The Bertz CT molecular complexity index is 1160. The molecular weight excluding hydrogens is 344 g/mol. The number of benzene rings is 2. The van der Waals surface area contributed by atoms with E-state index < -0.39 is 0 Å². The number of thioether (sulfide) groups is 1. The Labute approximate surface area is 155 Å². The van der Waals surface area contributed by atoms with E-state index in [1.807, 2.05) is 60.7 Å². The van der Waals surface area contributed by atoms with E-state index in [0.717, 1.165) is 39.7 Å². The molecule has 0 aliphatic heterocycles. The van der Waals surface area contributed by atoms with Gasteiger partial charge in [-0.05, 0) is 43.5 Å². The van der Waals surface area contributed by atoms with Gasteiger partial charge in [0.1, 0.15) is 0 Å². The summed E-state index contributed by atoms with van der Waals surface area (Å²) in [5.74, 6) is 1.52. The molecule has 0 N–H and O–H groups in total. The number of aromatic nitrogens is 4. The van der Waals surface area contributed by atoms with Gasteiger partial charge in [0.05, 0.1) is 16.6 Å². The normalized spacial score (nSPS) is 11.5. The van der Waals surface area contributed by atoms with Gasteiger partial charge in [0, 0.05) is 5.75 Å². The molecule has 0 aliphatic carbocycles. The van der Waals surface area contributed by atoms with Crippen LogP contribution in [0.4, 0.5) is 0 Å². The van der Waals surface area contributed by atoms with Crippen LogP contribution in [0, 0.1) is 13.8 Å². The summed E-state index contributed by atoms with van der Waals surface area (Å²) in [6.45, 7) is 6.17. The molecular formula is C20H20N4OS. The number of rotatable bonds is 4. The molecule has 6 heteroatoms. The van der Waals surface area contributed by atoms with E-state index in [1.54, 1.807) is 16.3 Å². The fourth-order valence-electron chi connectivity index (χ4n) is 3.33. The second-order valence-electron chi connectivity index (χ2n) is 6.36. The third-order valence-electron chi connectivity index (χ3n) is 4.49. The van der Waals surface area contributed by atoms with Crippen molar-refractivity contribution in [2.24, 2.45) is 0 Å². The molecule has 4 aromatic rings. The minimum absolute atomic E-state index is 0.0649. The number of hydrogen-bond acceptors (Lipinski definition) is 4. The highest BCUT2D eigenvalue weighted by Gasteiger charge is 2.19. The summed E-state index contributed by atoms with van der Waals surface area (Å²) in [5, 5.41) is 10.3. The SMILES string of the molecule is CCCSc1nnc2n(-c3c(C)cccc3C)c(=O)c3ccccc3n12. The largest absolute Gasteiger partial charge is 0.268 e. The molecule has 0 saturated heterocycles. The summed E-state index contributed by atoms with van der Waals surface area (Å²) in [7, 11) is 0. The first-order chi connectivity index (χ1) is 12.6. The lowest BCUT2D eigenvalue weighted by atomic mass is 10.1. The molecule has 0 fully saturated rings. The van der Waals surface area contributed by atoms with Gasteiger partial charge < -0.3 is 0 Å². The monoisotopic (exact) mass is 364 g/mol. The molecule has 0 unspecified atom stereocenters. The lowest BCUT2D eigenvalue weighted by Gasteiger charge is -2.15. The zero-order valence-corrected chi connectivity index (χ0v) is 15.9. The zero-order chi connectivity index (χ0) is 18.3. The quantitative estimate of drug-likeness (QED) is 0.511. The maximum Gasteiger partial charge on any atom is 0.267 e. The number of fused-ring (bicyclic) bond motifs is 3. The lowest BCUT2D eigenvalue weighted by Crippen LogP contribution is -2.23. The van der Waals surface area contributed by atoms with Crippen LogP contribution in [0.3, 0.4) is 0 Å². The standard InChI is InChI=1S/C20H20N4OS/c1-4-12-26-20-22-21-19-23(20)16-11-6-5-10-15(16)18(25)24(19)17-13(2)8-7-9-14(17)3/h5-11H,4,12H2,1-3H3. The minimum Gasteiger partial charge on any atom is -0.268 e. The summed E-state index contributed by atoms with van der Waals surface area (Å²) < 4.78 is 3.71. The Morgan fingerprint density at radius 3 is 2.46 bits per heavy atom. The summed E-state index contributed by atoms with van der Waals surface area (Å²) in [6, 6.07) is 13.7. The number of para-hydroxylation sites is 2. The van der Waals surface area contributed by atoms with Crippen molar-refractivity contribution < 1.29 is 0 Å². The van der Waals surface area contributed by atoms with Crippen molar-refractivity contribution in [3.05, 3.63) is 63.9 Å². The molecule has 0 aliphatic rings. The van der Waals surface area contributed by atoms with E-state index in [1.165, 1.54) is 0 Å². The first kappa shape index (κ1) is 16.8. The van der Waals surface area contributed by atoms with Gasteiger partial charge in [-0.25, -0.2) is 4.57 Å². The van der Waals surface area contributed by atoms with E-state index >= 15 is 0 Å². The van der Waals surface area contributed by atoms with Crippen molar-refractivity contribution in [3.8, 4) is 5.69 Å². The van der Waals surface area contributed by atoms with Crippen LogP contribution in [0.25, 0.3) is 22.4 Å². The Kier molecular flexibility index (Phi) is 4.28. The van der Waals surface area contributed by atoms with Gasteiger partial charge in [-0.3, -0.25) is 9.20 Å². The summed E-state index contributed by atoms with van der Waals surface area (Å²) in [6.07, 6.45) is 1.05. The zero-order valence-electron chi connectivity index (χ0n) is 15.1. The van der Waals surface area contributed by atoms with Crippen LogP contribution in [0.5, 0.6) is 0 Å². The first-order valence-corrected chi connectivity index (χ1v) is 9.70. The molecule has 0 atom stereocenters. The molecule has 26 heavy (non-hydrogen) atoms. The highest BCUT2D eigenvalue weighted by Crippen LogP contribution is 2.25. The molecule has 4 rings (SSSR count). The Hall–Kier alpha value is -2.60. The van der Waals surface area contributed by atoms with Gasteiger partial charge in [-0.2, -0.15) is 0 Å². The average Bonchev–Trinajstić information content (AvgIpc) is 3.06. The highest BCUT2D eigenvalue weighted by molar-refractivity contribution is 7.99. The third-order valence-corrected chi connectivity index (χ3v) is 5.63. The van der Waals surface area contributed by atoms with Crippen LogP contribution in [0.1, 0.15) is 24.5 Å². The molecule has 2 heterocycles. The first-order valence-electron chi connectivity index (χ1n) is 8.71. The predicted molar refractivity (Wildman–Crippen MR) is 107 cm³/mol. The van der Waals surface area contributed by atoms with Crippen LogP contribution in [-0.2, 0) is 0 Å². The van der Waals surface area contributed by atoms with Crippen molar-refractivity contribution >= 4 is 28.4 Å². The molecule has 2 aromatic heterocycles. The maximum absolute atomic E-state index is 13.3. The second-order valence-corrected chi connectivity index (χ2v) is 7.43. The van der Waals surface area contributed by atoms with Gasteiger partial charge in [-0.15, -0.1) is 10.2 Å². The van der Waals surface area contributed by atoms with Gasteiger partial charge in [0.15, 0.2) is 5.16 Å². The topological polar surface area (TPSA) is 52.2 Å². The molecule has 2 aromatic carbocycles. The van der Waals surface area contributed by atoms with Gasteiger partial charge in [0.25, 0.3) is 5.56 Å². The van der Waals surface area contributed by atoms with Crippen molar-refractivity contribution in [1.82, 2.24) is 19.2 Å². The number of nitrogens with zero attached hydrogens (tertiary/aromatic N) is 4. The number of aryl methyl sites for hydroxylation is 2. The van der Waals surface area contributed by atoms with Crippen LogP contribution in [0.15, 0.2) is 52.4 Å². The van der Waals surface area contributed by atoms with Crippen LogP contribution in [-0.4, -0.2) is 24.9 Å². The highest BCUT2D eigenvalue weighted by atomic mass is 32.2. The van der Waals surface area contributed by atoms with E-state index in [0.29, 0.717) is 11.2 Å². The molecule has 5 nitrogen and oxygen atoms in total. The van der Waals surface area contributed by atoms with E-state index in [4.69, 9.17) is 0 Å². The fourth-order valence-corrected chi connectivity index (χ4v) is 4.12. The molecule has 132 valence electrons. The molecule has 0 bridgehead atoms. The summed E-state index contributed by atoms with van der Waals surface area (Å²) in [4.78, 5) is 13.3. The fraction of sp³-hybridized carbons (Fsp3) is 0.250. The van der Waals surface area contributed by atoms with Crippen LogP contribution >= 0.6 is 11.8 Å². The maximum atomic E-state index is 13.3. The van der Waals surface area contributed by atoms with Crippen molar-refractivity contribution in [2.75, 3.05) is 5.75 Å². The van der Waals surface area contributed by atoms with Gasteiger partial charge in [0.2, 0.25) is 5.78 Å². The third kappa shape index (κ3) is 2.52. The smallest absolute Gasteiger partial charge is 0.267 e. The minimum atomic E-state index is -0.0649.